The molecule has 1 aliphatic rings. The molecule has 0 aromatic carbocycles. The summed E-state index contributed by atoms with van der Waals surface area (Å²) in [5, 5.41) is 9.89. The van der Waals surface area contributed by atoms with Crippen LogP contribution in [0.2, 0.25) is 0 Å². The van der Waals surface area contributed by atoms with Gasteiger partial charge in [0.25, 0.3) is 0 Å². The van der Waals surface area contributed by atoms with Crippen LogP contribution in [0.5, 0.6) is 0 Å². The predicted octanol–water partition coefficient (Wildman–Crippen LogP) is 0.387. The Morgan fingerprint density at radius 3 is 2.41 bits per heavy atom. The number of esters is 1. The molecule has 1 rings (SSSR count). The molecule has 1 N–H and O–H groups in total. The van der Waals surface area contributed by atoms with Crippen LogP contribution in [0.4, 0.5) is 4.79 Å². The Kier molecular flexibility index (Phi) is 4.74. The van der Waals surface area contributed by atoms with Gasteiger partial charge in [-0.15, -0.1) is 0 Å². The first-order chi connectivity index (χ1) is 8.02. The number of ether oxygens (including phenoxy) is 2. The Bertz CT molecular complexity index is 266. The van der Waals surface area contributed by atoms with Gasteiger partial charge < -0.3 is 19.5 Å². The van der Waals surface area contributed by atoms with Crippen molar-refractivity contribution in [3.05, 3.63) is 0 Å². The minimum atomic E-state index is -0.904. The van der Waals surface area contributed by atoms with E-state index in [9.17, 15) is 14.7 Å². The summed E-state index contributed by atoms with van der Waals surface area (Å²) in [6.07, 6.45) is -1.41. The van der Waals surface area contributed by atoms with Crippen molar-refractivity contribution in [2.75, 3.05) is 19.8 Å². The van der Waals surface area contributed by atoms with Gasteiger partial charge in [0.15, 0.2) is 0 Å². The first kappa shape index (κ1) is 13.8. The highest BCUT2D eigenvalue weighted by molar-refractivity contribution is 5.76. The third-order valence-electron chi connectivity index (χ3n) is 2.88. The molecular formula is C11H19NO5. The van der Waals surface area contributed by atoms with Crippen LogP contribution < -0.4 is 0 Å². The van der Waals surface area contributed by atoms with Gasteiger partial charge in [0.1, 0.15) is 5.92 Å². The maximum atomic E-state index is 11.6. The molecule has 0 aliphatic carbocycles. The van der Waals surface area contributed by atoms with Gasteiger partial charge in [0, 0.05) is 6.54 Å². The second-order valence-electron chi connectivity index (χ2n) is 3.94. The fourth-order valence-electron chi connectivity index (χ4n) is 1.92. The number of hydrogen-bond acceptors (Lipinski definition) is 5. The highest BCUT2D eigenvalue weighted by Crippen LogP contribution is 2.25. The second kappa shape index (κ2) is 5.86. The number of nitrogens with zero attached hydrogens (tertiary/aromatic N) is 1. The van der Waals surface area contributed by atoms with Gasteiger partial charge >= 0.3 is 12.1 Å². The molecule has 98 valence electrons. The van der Waals surface area contributed by atoms with Crippen LogP contribution in [0.15, 0.2) is 0 Å². The highest BCUT2D eigenvalue weighted by atomic mass is 16.6. The minimum absolute atomic E-state index is 0.139. The lowest BCUT2D eigenvalue weighted by molar-refractivity contribution is -0.150. The van der Waals surface area contributed by atoms with E-state index in [1.165, 1.54) is 4.90 Å². The molecule has 17 heavy (non-hydrogen) atoms. The molecule has 3 unspecified atom stereocenters. The molecule has 0 aromatic heterocycles. The summed E-state index contributed by atoms with van der Waals surface area (Å²) in [6, 6.07) is -0.441. The van der Waals surface area contributed by atoms with Gasteiger partial charge in [-0.3, -0.25) is 4.79 Å². The summed E-state index contributed by atoms with van der Waals surface area (Å²) < 4.78 is 9.71. The van der Waals surface area contributed by atoms with Crippen LogP contribution in [0.25, 0.3) is 0 Å². The van der Waals surface area contributed by atoms with Crippen molar-refractivity contribution in [2.24, 2.45) is 5.92 Å². The zero-order chi connectivity index (χ0) is 13.0. The van der Waals surface area contributed by atoms with Gasteiger partial charge in [-0.25, -0.2) is 4.79 Å². The first-order valence-electron chi connectivity index (χ1n) is 5.81. The van der Waals surface area contributed by atoms with Crippen molar-refractivity contribution in [2.45, 2.75) is 32.9 Å². The summed E-state index contributed by atoms with van der Waals surface area (Å²) in [5.41, 5.74) is 0. The summed E-state index contributed by atoms with van der Waals surface area (Å²) in [4.78, 5) is 24.5. The molecule has 3 atom stereocenters. The van der Waals surface area contributed by atoms with Crippen LogP contribution in [0, 0.1) is 5.92 Å². The fourth-order valence-corrected chi connectivity index (χ4v) is 1.92. The molecular weight excluding hydrogens is 226 g/mol. The van der Waals surface area contributed by atoms with E-state index in [1.54, 1.807) is 20.8 Å². The quantitative estimate of drug-likeness (QED) is 0.728. The Morgan fingerprint density at radius 2 is 1.88 bits per heavy atom. The molecule has 1 saturated heterocycles. The number of rotatable bonds is 3. The Balaban J connectivity index is 2.68. The zero-order valence-corrected chi connectivity index (χ0v) is 10.4. The lowest BCUT2D eigenvalue weighted by atomic mass is 10.0. The van der Waals surface area contributed by atoms with Crippen LogP contribution in [0.1, 0.15) is 20.8 Å². The van der Waals surface area contributed by atoms with Crippen molar-refractivity contribution >= 4 is 12.1 Å². The maximum Gasteiger partial charge on any atom is 0.410 e. The number of aliphatic hydroxyl groups excluding tert-OH is 1. The maximum absolute atomic E-state index is 11.6. The molecule has 1 amide bonds. The number of carbonyl (C=O) groups excluding carboxylic acids is 2. The number of aliphatic hydroxyl groups is 1. The SMILES string of the molecule is CCOC(=O)C1CN(C(=O)OCC)C(C)C1O. The molecule has 1 aliphatic heterocycles. The van der Waals surface area contributed by atoms with E-state index in [1.807, 2.05) is 0 Å². The van der Waals surface area contributed by atoms with Crippen LogP contribution in [-0.2, 0) is 14.3 Å². The van der Waals surface area contributed by atoms with Crippen LogP contribution >= 0.6 is 0 Å². The zero-order valence-electron chi connectivity index (χ0n) is 10.4. The molecule has 0 radical (unpaired) electrons. The van der Waals surface area contributed by atoms with Gasteiger partial charge in [-0.2, -0.15) is 0 Å². The molecule has 1 heterocycles. The number of amides is 1. The minimum Gasteiger partial charge on any atom is -0.466 e. The Morgan fingerprint density at radius 1 is 1.29 bits per heavy atom. The highest BCUT2D eigenvalue weighted by Gasteiger charge is 2.45. The average molecular weight is 245 g/mol. The molecule has 1 fully saturated rings. The largest absolute Gasteiger partial charge is 0.466 e. The summed E-state index contributed by atoms with van der Waals surface area (Å²) >= 11 is 0. The van der Waals surface area contributed by atoms with Gasteiger partial charge in [0.2, 0.25) is 0 Å². The normalized spacial score (nSPS) is 28.0. The third-order valence-corrected chi connectivity index (χ3v) is 2.88. The summed E-state index contributed by atoms with van der Waals surface area (Å²) in [7, 11) is 0. The number of hydrogen-bond donors (Lipinski definition) is 1. The van der Waals surface area contributed by atoms with E-state index in [0.717, 1.165) is 0 Å². The predicted molar refractivity (Wildman–Crippen MR) is 59.3 cm³/mol. The Hall–Kier alpha value is -1.30. The van der Waals surface area contributed by atoms with E-state index in [4.69, 9.17) is 9.47 Å². The van der Waals surface area contributed by atoms with Crippen molar-refractivity contribution in [1.82, 2.24) is 4.90 Å². The van der Waals surface area contributed by atoms with Gasteiger partial charge in [0.05, 0.1) is 25.4 Å². The molecule has 6 heteroatoms. The van der Waals surface area contributed by atoms with E-state index in [2.05, 4.69) is 0 Å². The fraction of sp³-hybridized carbons (Fsp3) is 0.818. The third kappa shape index (κ3) is 2.88. The molecule has 6 nitrogen and oxygen atoms in total. The van der Waals surface area contributed by atoms with E-state index < -0.39 is 30.1 Å². The topological polar surface area (TPSA) is 76.1 Å². The second-order valence-corrected chi connectivity index (χ2v) is 3.94. The van der Waals surface area contributed by atoms with Crippen molar-refractivity contribution in [1.29, 1.82) is 0 Å². The molecule has 0 spiro atoms. The standard InChI is InChI=1S/C11H19NO5/c1-4-16-10(14)8-6-12(7(3)9(8)13)11(15)17-5-2/h7-9,13H,4-6H2,1-3H3. The van der Waals surface area contributed by atoms with Crippen molar-refractivity contribution in [3.8, 4) is 0 Å². The lowest BCUT2D eigenvalue weighted by Crippen LogP contribution is -2.37. The number of carbonyl (C=O) groups is 2. The summed E-state index contributed by atoms with van der Waals surface area (Å²) in [6.45, 7) is 5.75. The monoisotopic (exact) mass is 245 g/mol. The lowest BCUT2D eigenvalue weighted by Gasteiger charge is -2.21. The van der Waals surface area contributed by atoms with Crippen molar-refractivity contribution < 1.29 is 24.2 Å². The van der Waals surface area contributed by atoms with E-state index >= 15 is 0 Å². The van der Waals surface area contributed by atoms with E-state index in [0.29, 0.717) is 0 Å². The van der Waals surface area contributed by atoms with Gasteiger partial charge in [-0.05, 0) is 20.8 Å². The van der Waals surface area contributed by atoms with E-state index in [-0.39, 0.29) is 19.8 Å². The number of likely N-dealkylation sites (tertiary alicyclic amines) is 1. The average Bonchev–Trinajstić information content (AvgIpc) is 2.57. The molecule has 0 aromatic rings. The first-order valence-corrected chi connectivity index (χ1v) is 5.81. The van der Waals surface area contributed by atoms with Crippen LogP contribution in [-0.4, -0.2) is 54.0 Å². The summed E-state index contributed by atoms with van der Waals surface area (Å²) in [5.74, 6) is -1.16. The molecule has 0 saturated carbocycles. The smallest absolute Gasteiger partial charge is 0.410 e. The van der Waals surface area contributed by atoms with Crippen molar-refractivity contribution in [3.63, 3.8) is 0 Å². The van der Waals surface area contributed by atoms with Crippen LogP contribution in [0.3, 0.4) is 0 Å². The van der Waals surface area contributed by atoms with Gasteiger partial charge in [-0.1, -0.05) is 0 Å². The Labute approximate surface area is 100 Å². The molecule has 0 bridgehead atoms.